The van der Waals surface area contributed by atoms with Crippen LogP contribution in [0, 0.1) is 11.7 Å². The summed E-state index contributed by atoms with van der Waals surface area (Å²) in [5.74, 6) is -1.85. The van der Waals surface area contributed by atoms with Crippen LogP contribution < -0.4 is 5.32 Å². The average Bonchev–Trinajstić information content (AvgIpc) is 2.80. The number of benzene rings is 1. The minimum Gasteiger partial charge on any atom is -0.452 e. The Morgan fingerprint density at radius 2 is 1.81 bits per heavy atom. The number of nitrogens with zero attached hydrogens (tertiary/aromatic N) is 2. The molecule has 32 heavy (non-hydrogen) atoms. The van der Waals surface area contributed by atoms with Gasteiger partial charge in [-0.1, -0.05) is 12.1 Å². The van der Waals surface area contributed by atoms with Crippen LogP contribution in [0.1, 0.15) is 38.3 Å². The van der Waals surface area contributed by atoms with Gasteiger partial charge in [0.2, 0.25) is 10.0 Å². The number of rotatable bonds is 7. The highest BCUT2D eigenvalue weighted by molar-refractivity contribution is 7.89. The number of hydrogen-bond acceptors (Lipinski definition) is 6. The van der Waals surface area contributed by atoms with Crippen molar-refractivity contribution in [2.45, 2.75) is 43.7 Å². The largest absolute Gasteiger partial charge is 0.452 e. The standard InChI is InChI=1S/C22H26FN3O5S/c1-15(17-5-7-19(23)8-6-17)25-21(27)16(2)31-22(28)18-9-12-26(13-10-18)32(29,30)20-4-3-11-24-14-20/h3-8,11,14-16,18H,9-10,12-13H2,1-2H3,(H,25,27). The van der Waals surface area contributed by atoms with Crippen molar-refractivity contribution in [3.8, 4) is 0 Å². The maximum atomic E-state index is 13.1. The number of esters is 1. The molecule has 172 valence electrons. The van der Waals surface area contributed by atoms with Gasteiger partial charge in [0.15, 0.2) is 6.10 Å². The number of hydrogen-bond donors (Lipinski definition) is 1. The second kappa shape index (κ2) is 10.2. The summed E-state index contributed by atoms with van der Waals surface area (Å²) in [6.45, 7) is 3.59. The highest BCUT2D eigenvalue weighted by atomic mass is 32.2. The van der Waals surface area contributed by atoms with E-state index in [4.69, 9.17) is 4.74 Å². The number of nitrogens with one attached hydrogen (secondary N) is 1. The number of pyridine rings is 1. The van der Waals surface area contributed by atoms with Crippen LogP contribution in [0.25, 0.3) is 0 Å². The van der Waals surface area contributed by atoms with Gasteiger partial charge >= 0.3 is 5.97 Å². The van der Waals surface area contributed by atoms with Crippen molar-refractivity contribution >= 4 is 21.9 Å². The Bertz CT molecular complexity index is 1040. The molecule has 2 aromatic rings. The quantitative estimate of drug-likeness (QED) is 0.633. The van der Waals surface area contributed by atoms with E-state index in [1.807, 2.05) is 0 Å². The van der Waals surface area contributed by atoms with Gasteiger partial charge in [-0.25, -0.2) is 12.8 Å². The Morgan fingerprint density at radius 1 is 1.16 bits per heavy atom. The van der Waals surface area contributed by atoms with Crippen LogP contribution in [0.15, 0.2) is 53.7 Å². The van der Waals surface area contributed by atoms with E-state index in [0.717, 1.165) is 5.56 Å². The fourth-order valence-corrected chi connectivity index (χ4v) is 4.90. The first-order chi connectivity index (χ1) is 15.2. The molecule has 1 aromatic heterocycles. The number of carbonyl (C=O) groups excluding carboxylic acids is 2. The van der Waals surface area contributed by atoms with E-state index in [-0.39, 0.29) is 29.8 Å². The van der Waals surface area contributed by atoms with Crippen LogP contribution in [0.3, 0.4) is 0 Å². The molecule has 1 saturated heterocycles. The second-order valence-electron chi connectivity index (χ2n) is 7.73. The molecule has 2 atom stereocenters. The lowest BCUT2D eigenvalue weighted by molar-refractivity contribution is -0.160. The van der Waals surface area contributed by atoms with E-state index in [1.54, 1.807) is 25.1 Å². The average molecular weight is 464 g/mol. The molecule has 2 heterocycles. The van der Waals surface area contributed by atoms with Crippen molar-refractivity contribution in [2.24, 2.45) is 5.92 Å². The fraction of sp³-hybridized carbons (Fsp3) is 0.409. The van der Waals surface area contributed by atoms with E-state index in [1.165, 1.54) is 41.8 Å². The lowest BCUT2D eigenvalue weighted by Crippen LogP contribution is -2.42. The molecule has 1 aliphatic rings. The summed E-state index contributed by atoms with van der Waals surface area (Å²) < 4.78 is 45.0. The summed E-state index contributed by atoms with van der Waals surface area (Å²) in [4.78, 5) is 28.9. The highest BCUT2D eigenvalue weighted by Gasteiger charge is 2.34. The van der Waals surface area contributed by atoms with Crippen LogP contribution >= 0.6 is 0 Å². The van der Waals surface area contributed by atoms with Gasteiger partial charge < -0.3 is 10.1 Å². The number of halogens is 1. The number of amides is 1. The molecule has 1 aliphatic heterocycles. The molecular formula is C22H26FN3O5S. The molecule has 0 spiro atoms. The van der Waals surface area contributed by atoms with Gasteiger partial charge in [0.05, 0.1) is 12.0 Å². The third-order valence-corrected chi connectivity index (χ3v) is 7.33. The monoisotopic (exact) mass is 463 g/mol. The molecule has 1 aromatic carbocycles. The van der Waals surface area contributed by atoms with E-state index < -0.39 is 33.9 Å². The van der Waals surface area contributed by atoms with E-state index >= 15 is 0 Å². The fourth-order valence-electron chi connectivity index (χ4n) is 3.47. The summed E-state index contributed by atoms with van der Waals surface area (Å²) >= 11 is 0. The Kier molecular flexibility index (Phi) is 7.57. The predicted molar refractivity (Wildman–Crippen MR) is 114 cm³/mol. The molecule has 1 amide bonds. The number of aromatic nitrogens is 1. The van der Waals surface area contributed by atoms with Crippen molar-refractivity contribution in [2.75, 3.05) is 13.1 Å². The van der Waals surface area contributed by atoms with Gasteiger partial charge in [0.25, 0.3) is 5.91 Å². The third kappa shape index (κ3) is 5.68. The maximum Gasteiger partial charge on any atom is 0.309 e. The molecule has 8 nitrogen and oxygen atoms in total. The SMILES string of the molecule is CC(OC(=O)C1CCN(S(=O)(=O)c2cccnc2)CC1)C(=O)NC(C)c1ccc(F)cc1. The molecule has 1 N–H and O–H groups in total. The van der Waals surface area contributed by atoms with Crippen LogP contribution in [0.4, 0.5) is 4.39 Å². The van der Waals surface area contributed by atoms with Gasteiger partial charge in [-0.05, 0) is 56.5 Å². The number of ether oxygens (including phenoxy) is 1. The summed E-state index contributed by atoms with van der Waals surface area (Å²) in [5, 5.41) is 2.74. The van der Waals surface area contributed by atoms with Gasteiger partial charge in [-0.15, -0.1) is 0 Å². The zero-order valence-corrected chi connectivity index (χ0v) is 18.7. The third-order valence-electron chi connectivity index (χ3n) is 5.45. The van der Waals surface area contributed by atoms with Crippen molar-refractivity contribution in [1.82, 2.24) is 14.6 Å². The molecule has 10 heteroatoms. The van der Waals surface area contributed by atoms with Crippen molar-refractivity contribution < 1.29 is 27.1 Å². The Labute approximate surface area is 186 Å². The summed E-state index contributed by atoms with van der Waals surface area (Å²) in [5.41, 5.74) is 0.723. The minimum atomic E-state index is -3.66. The maximum absolute atomic E-state index is 13.1. The molecule has 3 rings (SSSR count). The first kappa shape index (κ1) is 23.8. The zero-order chi connectivity index (χ0) is 23.3. The molecular weight excluding hydrogens is 437 g/mol. The Hall–Kier alpha value is -2.85. The molecule has 0 bridgehead atoms. The molecule has 2 unspecified atom stereocenters. The molecule has 0 radical (unpaired) electrons. The van der Waals surface area contributed by atoms with E-state index in [9.17, 15) is 22.4 Å². The van der Waals surface area contributed by atoms with Gasteiger partial charge in [0, 0.05) is 25.5 Å². The van der Waals surface area contributed by atoms with Crippen LogP contribution in [-0.2, 0) is 24.3 Å². The van der Waals surface area contributed by atoms with Crippen LogP contribution in [-0.4, -0.2) is 48.8 Å². The lowest BCUT2D eigenvalue weighted by atomic mass is 9.98. The number of sulfonamides is 1. The summed E-state index contributed by atoms with van der Waals surface area (Å²) in [7, 11) is -3.66. The van der Waals surface area contributed by atoms with Gasteiger partial charge in [0.1, 0.15) is 10.7 Å². The smallest absolute Gasteiger partial charge is 0.309 e. The second-order valence-corrected chi connectivity index (χ2v) is 9.67. The Morgan fingerprint density at radius 3 is 2.41 bits per heavy atom. The van der Waals surface area contributed by atoms with Crippen LogP contribution in [0.2, 0.25) is 0 Å². The van der Waals surface area contributed by atoms with Crippen molar-refractivity contribution in [3.63, 3.8) is 0 Å². The van der Waals surface area contributed by atoms with Crippen molar-refractivity contribution in [1.29, 1.82) is 0 Å². The summed E-state index contributed by atoms with van der Waals surface area (Å²) in [6, 6.07) is 8.42. The minimum absolute atomic E-state index is 0.113. The van der Waals surface area contributed by atoms with E-state index in [2.05, 4.69) is 10.3 Å². The lowest BCUT2D eigenvalue weighted by Gasteiger charge is -2.30. The summed E-state index contributed by atoms with van der Waals surface area (Å²) in [6.07, 6.45) is 2.39. The molecule has 1 fully saturated rings. The Balaban J connectivity index is 1.50. The van der Waals surface area contributed by atoms with Gasteiger partial charge in [-0.3, -0.25) is 14.6 Å². The highest BCUT2D eigenvalue weighted by Crippen LogP contribution is 2.24. The first-order valence-corrected chi connectivity index (χ1v) is 11.8. The predicted octanol–water partition coefficient (Wildman–Crippen LogP) is 2.43. The molecule has 0 saturated carbocycles. The van der Waals surface area contributed by atoms with Crippen molar-refractivity contribution in [3.05, 3.63) is 60.2 Å². The van der Waals surface area contributed by atoms with Crippen LogP contribution in [0.5, 0.6) is 0 Å². The normalized spacial score (nSPS) is 17.3. The number of carbonyl (C=O) groups is 2. The molecule has 0 aliphatic carbocycles. The van der Waals surface area contributed by atoms with E-state index in [0.29, 0.717) is 12.8 Å². The topological polar surface area (TPSA) is 106 Å². The zero-order valence-electron chi connectivity index (χ0n) is 17.9. The van der Waals surface area contributed by atoms with Gasteiger partial charge in [-0.2, -0.15) is 4.31 Å². The number of piperidine rings is 1. The first-order valence-electron chi connectivity index (χ1n) is 10.3.